The maximum absolute atomic E-state index is 13.6. The Hall–Kier alpha value is -1.62. The van der Waals surface area contributed by atoms with Crippen molar-refractivity contribution in [3.63, 3.8) is 0 Å². The number of hydrogen-bond donors (Lipinski definition) is 1. The summed E-state index contributed by atoms with van der Waals surface area (Å²) in [6, 6.07) is 6.48. The van der Waals surface area contributed by atoms with E-state index in [4.69, 9.17) is 10.5 Å². The fraction of sp³-hybridized carbons (Fsp3) is 0.562. The van der Waals surface area contributed by atoms with Crippen LogP contribution in [0.4, 0.5) is 10.1 Å². The van der Waals surface area contributed by atoms with Gasteiger partial charge in [-0.3, -0.25) is 4.99 Å². The van der Waals surface area contributed by atoms with Gasteiger partial charge in [0.2, 0.25) is 0 Å². The minimum Gasteiger partial charge on any atom is -0.369 e. The smallest absolute Gasteiger partial charge is 0.196 e. The van der Waals surface area contributed by atoms with Gasteiger partial charge >= 0.3 is 0 Å². The zero-order valence-electron chi connectivity index (χ0n) is 13.0. The lowest BCUT2D eigenvalue weighted by atomic mass is 9.78. The van der Waals surface area contributed by atoms with E-state index in [2.05, 4.69) is 32.7 Å². The van der Waals surface area contributed by atoms with E-state index in [-0.39, 0.29) is 17.0 Å². The summed E-state index contributed by atoms with van der Waals surface area (Å²) in [6.45, 7) is 8.82. The molecule has 2 aliphatic rings. The maximum atomic E-state index is 13.6. The van der Waals surface area contributed by atoms with Gasteiger partial charge in [-0.2, -0.15) is 0 Å². The number of halogens is 1. The predicted molar refractivity (Wildman–Crippen MR) is 82.0 cm³/mol. The van der Waals surface area contributed by atoms with E-state index < -0.39 is 5.60 Å². The molecule has 0 saturated carbocycles. The Morgan fingerprint density at radius 2 is 2.00 bits per heavy atom. The second-order valence-electron chi connectivity index (χ2n) is 7.07. The molecule has 1 spiro atoms. The topological polar surface area (TPSA) is 50.8 Å². The molecule has 0 radical (unpaired) electrons. The van der Waals surface area contributed by atoms with Crippen molar-refractivity contribution in [2.45, 2.75) is 50.9 Å². The molecular formula is C16H22FN3O. The number of benzene rings is 1. The third-order valence-corrected chi connectivity index (χ3v) is 4.60. The fourth-order valence-electron chi connectivity index (χ4n) is 3.90. The molecule has 1 atom stereocenters. The summed E-state index contributed by atoms with van der Waals surface area (Å²) in [4.78, 5) is 6.39. The second-order valence-corrected chi connectivity index (χ2v) is 7.07. The third kappa shape index (κ3) is 2.02. The van der Waals surface area contributed by atoms with Gasteiger partial charge in [-0.05, 0) is 45.9 Å². The van der Waals surface area contributed by atoms with E-state index in [0.717, 1.165) is 12.1 Å². The lowest BCUT2D eigenvalue weighted by Gasteiger charge is -2.44. The first-order chi connectivity index (χ1) is 9.67. The van der Waals surface area contributed by atoms with Crippen LogP contribution in [0.25, 0.3) is 0 Å². The SMILES string of the molecule is CC1(C)CC2(CN=C(N)N2c2cccc(F)c2)C(C)(C)O1. The molecular weight excluding hydrogens is 269 g/mol. The van der Waals surface area contributed by atoms with Gasteiger partial charge in [0.15, 0.2) is 5.96 Å². The summed E-state index contributed by atoms with van der Waals surface area (Å²) >= 11 is 0. The number of guanidine groups is 1. The lowest BCUT2D eigenvalue weighted by molar-refractivity contribution is -0.0764. The van der Waals surface area contributed by atoms with Crippen molar-refractivity contribution in [2.75, 3.05) is 11.4 Å². The average Bonchev–Trinajstić information content (AvgIpc) is 2.74. The molecule has 0 aromatic heterocycles. The molecule has 4 nitrogen and oxygen atoms in total. The van der Waals surface area contributed by atoms with Crippen molar-refractivity contribution in [2.24, 2.45) is 10.7 Å². The number of ether oxygens (including phenoxy) is 1. The molecule has 114 valence electrons. The lowest BCUT2D eigenvalue weighted by Crippen LogP contribution is -2.61. The summed E-state index contributed by atoms with van der Waals surface area (Å²) in [6.07, 6.45) is 0.785. The van der Waals surface area contributed by atoms with Crippen molar-refractivity contribution < 1.29 is 9.13 Å². The predicted octanol–water partition coefficient (Wildman–Crippen LogP) is 2.68. The van der Waals surface area contributed by atoms with Gasteiger partial charge in [-0.1, -0.05) is 6.07 Å². The van der Waals surface area contributed by atoms with Crippen LogP contribution < -0.4 is 10.6 Å². The maximum Gasteiger partial charge on any atom is 0.196 e. The van der Waals surface area contributed by atoms with Crippen molar-refractivity contribution in [3.05, 3.63) is 30.1 Å². The Bertz CT molecular complexity index is 611. The zero-order chi connectivity index (χ0) is 15.5. The standard InChI is InChI=1S/C16H22FN3O/c1-14(2)9-16(15(3,4)21-14)10-19-13(18)20(16)12-7-5-6-11(17)8-12/h5-8H,9-10H2,1-4H3,(H2,18,19). The van der Waals surface area contributed by atoms with E-state index in [1.165, 1.54) is 12.1 Å². The summed E-state index contributed by atoms with van der Waals surface area (Å²) in [5.41, 5.74) is 5.76. The van der Waals surface area contributed by atoms with Crippen molar-refractivity contribution >= 4 is 11.6 Å². The van der Waals surface area contributed by atoms with Crippen LogP contribution in [-0.4, -0.2) is 29.2 Å². The number of nitrogens with two attached hydrogens (primary N) is 1. The zero-order valence-corrected chi connectivity index (χ0v) is 13.0. The van der Waals surface area contributed by atoms with Gasteiger partial charge in [0, 0.05) is 12.1 Å². The molecule has 2 aliphatic heterocycles. The normalized spacial score (nSPS) is 30.0. The molecule has 1 saturated heterocycles. The van der Waals surface area contributed by atoms with Gasteiger partial charge in [-0.25, -0.2) is 4.39 Å². The number of hydrogen-bond acceptors (Lipinski definition) is 4. The van der Waals surface area contributed by atoms with Gasteiger partial charge in [0.25, 0.3) is 0 Å². The first-order valence-corrected chi connectivity index (χ1v) is 7.23. The van der Waals surface area contributed by atoms with Crippen molar-refractivity contribution in [3.8, 4) is 0 Å². The fourth-order valence-corrected chi connectivity index (χ4v) is 3.90. The van der Waals surface area contributed by atoms with E-state index in [0.29, 0.717) is 12.5 Å². The molecule has 2 heterocycles. The van der Waals surface area contributed by atoms with Crippen LogP contribution >= 0.6 is 0 Å². The monoisotopic (exact) mass is 291 g/mol. The van der Waals surface area contributed by atoms with Gasteiger partial charge in [0.1, 0.15) is 5.82 Å². The molecule has 0 aliphatic carbocycles. The Kier molecular flexibility index (Phi) is 2.86. The van der Waals surface area contributed by atoms with Crippen molar-refractivity contribution in [1.82, 2.24) is 0 Å². The average molecular weight is 291 g/mol. The Morgan fingerprint density at radius 3 is 2.57 bits per heavy atom. The number of anilines is 1. The van der Waals surface area contributed by atoms with E-state index in [1.54, 1.807) is 6.07 Å². The van der Waals surface area contributed by atoms with E-state index in [9.17, 15) is 4.39 Å². The highest BCUT2D eigenvalue weighted by Crippen LogP contribution is 2.51. The number of rotatable bonds is 1. The first-order valence-electron chi connectivity index (χ1n) is 7.23. The molecule has 21 heavy (non-hydrogen) atoms. The second kappa shape index (κ2) is 4.19. The highest BCUT2D eigenvalue weighted by molar-refractivity contribution is 5.98. The van der Waals surface area contributed by atoms with E-state index >= 15 is 0 Å². The van der Waals surface area contributed by atoms with Crippen LogP contribution in [-0.2, 0) is 4.74 Å². The minimum absolute atomic E-state index is 0.269. The highest BCUT2D eigenvalue weighted by Gasteiger charge is 2.63. The van der Waals surface area contributed by atoms with Crippen molar-refractivity contribution in [1.29, 1.82) is 0 Å². The molecule has 1 fully saturated rings. The molecule has 3 rings (SSSR count). The van der Waals surface area contributed by atoms with Crippen LogP contribution in [0.5, 0.6) is 0 Å². The molecule has 1 unspecified atom stereocenters. The molecule has 2 N–H and O–H groups in total. The summed E-state index contributed by atoms with van der Waals surface area (Å²) < 4.78 is 19.9. The highest BCUT2D eigenvalue weighted by atomic mass is 19.1. The van der Waals surface area contributed by atoms with Crippen LogP contribution in [0.3, 0.4) is 0 Å². The van der Waals surface area contributed by atoms with Gasteiger partial charge < -0.3 is 15.4 Å². The molecule has 5 heteroatoms. The molecule has 1 aromatic rings. The van der Waals surface area contributed by atoms with Gasteiger partial charge in [-0.15, -0.1) is 0 Å². The first kappa shape index (κ1) is 14.3. The number of aliphatic imine (C=N–C) groups is 1. The van der Waals surface area contributed by atoms with Gasteiger partial charge in [0.05, 0.1) is 23.3 Å². The van der Waals surface area contributed by atoms with Crippen LogP contribution in [0.15, 0.2) is 29.3 Å². The van der Waals surface area contributed by atoms with Crippen LogP contribution in [0, 0.1) is 5.82 Å². The molecule has 0 bridgehead atoms. The van der Waals surface area contributed by atoms with E-state index in [1.807, 2.05) is 11.0 Å². The summed E-state index contributed by atoms with van der Waals surface area (Å²) in [5, 5.41) is 0. The van der Waals surface area contributed by atoms with Crippen LogP contribution in [0.2, 0.25) is 0 Å². The summed E-state index contributed by atoms with van der Waals surface area (Å²) in [5.74, 6) is 0.147. The Morgan fingerprint density at radius 1 is 1.29 bits per heavy atom. The number of nitrogens with zero attached hydrogens (tertiary/aromatic N) is 2. The quantitative estimate of drug-likeness (QED) is 0.865. The van der Waals surface area contributed by atoms with Crippen LogP contribution in [0.1, 0.15) is 34.1 Å². The summed E-state index contributed by atoms with van der Waals surface area (Å²) in [7, 11) is 0. The Balaban J connectivity index is 2.11. The molecule has 1 aromatic carbocycles. The largest absolute Gasteiger partial charge is 0.369 e. The Labute approximate surface area is 124 Å². The third-order valence-electron chi connectivity index (χ3n) is 4.60. The minimum atomic E-state index is -0.437. The molecule has 0 amide bonds.